The molecule has 0 unspecified atom stereocenters. The van der Waals surface area contributed by atoms with Crippen LogP contribution in [0.5, 0.6) is 0 Å². The van der Waals surface area contributed by atoms with E-state index < -0.39 is 12.0 Å². The molecular formula is C12H22O4. The second kappa shape index (κ2) is 5.87. The highest BCUT2D eigenvalue weighted by Crippen LogP contribution is 2.29. The Kier molecular flexibility index (Phi) is 5.48. The fourth-order valence-electron chi connectivity index (χ4n) is 1.60. The molecule has 4 heteroatoms. The van der Waals surface area contributed by atoms with E-state index in [1.165, 1.54) is 6.92 Å². The van der Waals surface area contributed by atoms with Gasteiger partial charge >= 0.3 is 11.9 Å². The summed E-state index contributed by atoms with van der Waals surface area (Å²) in [6.07, 6.45) is -0.468. The van der Waals surface area contributed by atoms with Crippen LogP contribution in [0.25, 0.3) is 0 Å². The molecule has 0 aromatic carbocycles. The first-order chi connectivity index (χ1) is 7.20. The molecule has 4 nitrogen and oxygen atoms in total. The van der Waals surface area contributed by atoms with Crippen molar-refractivity contribution in [1.82, 2.24) is 0 Å². The summed E-state index contributed by atoms with van der Waals surface area (Å²) in [5.41, 5.74) is -0.294. The molecule has 0 spiro atoms. The van der Waals surface area contributed by atoms with Crippen LogP contribution >= 0.6 is 0 Å². The van der Waals surface area contributed by atoms with E-state index >= 15 is 0 Å². The lowest BCUT2D eigenvalue weighted by molar-refractivity contribution is -0.166. The summed E-state index contributed by atoms with van der Waals surface area (Å²) in [5.74, 6) is -1.16. The molecule has 16 heavy (non-hydrogen) atoms. The van der Waals surface area contributed by atoms with Crippen LogP contribution in [0.3, 0.4) is 0 Å². The Hall–Kier alpha value is -1.06. The molecule has 0 rings (SSSR count). The first-order valence-corrected chi connectivity index (χ1v) is 5.54. The minimum absolute atomic E-state index is 0.294. The van der Waals surface area contributed by atoms with Crippen LogP contribution < -0.4 is 0 Å². The first-order valence-electron chi connectivity index (χ1n) is 5.54. The molecular weight excluding hydrogens is 208 g/mol. The van der Waals surface area contributed by atoms with Crippen molar-refractivity contribution in [2.75, 3.05) is 6.61 Å². The summed E-state index contributed by atoms with van der Waals surface area (Å²) in [7, 11) is 0. The van der Waals surface area contributed by atoms with Gasteiger partial charge in [-0.3, -0.25) is 9.59 Å². The zero-order valence-corrected chi connectivity index (χ0v) is 11.0. The van der Waals surface area contributed by atoms with Crippen LogP contribution in [0, 0.1) is 11.3 Å². The Bertz CT molecular complexity index is 252. The smallest absolute Gasteiger partial charge is 0.312 e. The van der Waals surface area contributed by atoms with E-state index in [9.17, 15) is 9.59 Å². The number of carbonyl (C=O) groups is 2. The monoisotopic (exact) mass is 230 g/mol. The van der Waals surface area contributed by atoms with Gasteiger partial charge in [0.05, 0.1) is 12.5 Å². The fraction of sp³-hybridized carbons (Fsp3) is 0.833. The predicted octanol–water partition coefficient (Wildman–Crippen LogP) is 2.16. The third-order valence-electron chi connectivity index (χ3n) is 2.26. The molecule has 0 aliphatic rings. The lowest BCUT2D eigenvalue weighted by Gasteiger charge is -2.33. The molecule has 0 radical (unpaired) electrons. The van der Waals surface area contributed by atoms with Gasteiger partial charge in [-0.15, -0.1) is 0 Å². The summed E-state index contributed by atoms with van der Waals surface area (Å²) in [4.78, 5) is 22.6. The van der Waals surface area contributed by atoms with Crippen molar-refractivity contribution in [3.05, 3.63) is 0 Å². The summed E-state index contributed by atoms with van der Waals surface area (Å²) >= 11 is 0. The molecule has 0 saturated carbocycles. The van der Waals surface area contributed by atoms with Crippen molar-refractivity contribution in [3.63, 3.8) is 0 Å². The molecule has 0 bridgehead atoms. The number of hydrogen-bond acceptors (Lipinski definition) is 4. The van der Waals surface area contributed by atoms with Gasteiger partial charge in [0.25, 0.3) is 0 Å². The van der Waals surface area contributed by atoms with E-state index in [1.54, 1.807) is 13.8 Å². The van der Waals surface area contributed by atoms with Gasteiger partial charge in [0.2, 0.25) is 0 Å². The van der Waals surface area contributed by atoms with E-state index in [4.69, 9.17) is 9.47 Å². The van der Waals surface area contributed by atoms with Gasteiger partial charge in [-0.05, 0) is 19.3 Å². The van der Waals surface area contributed by atoms with Crippen molar-refractivity contribution in [3.8, 4) is 0 Å². The first kappa shape index (κ1) is 14.9. The maximum atomic E-state index is 11.6. The summed E-state index contributed by atoms with van der Waals surface area (Å²) in [6.45, 7) is 10.9. The van der Waals surface area contributed by atoms with Crippen LogP contribution in [-0.4, -0.2) is 24.6 Å². The number of rotatable bonds is 4. The van der Waals surface area contributed by atoms with Gasteiger partial charge in [0.1, 0.15) is 6.10 Å². The molecule has 0 saturated heterocycles. The van der Waals surface area contributed by atoms with Gasteiger partial charge in [0.15, 0.2) is 0 Å². The Labute approximate surface area is 97.3 Å². The van der Waals surface area contributed by atoms with Gasteiger partial charge in [-0.25, -0.2) is 0 Å². The Morgan fingerprint density at radius 2 is 1.75 bits per heavy atom. The zero-order valence-electron chi connectivity index (χ0n) is 11.0. The minimum Gasteiger partial charge on any atom is -0.466 e. The van der Waals surface area contributed by atoms with E-state index in [0.717, 1.165) is 0 Å². The third kappa shape index (κ3) is 4.64. The van der Waals surface area contributed by atoms with E-state index in [1.807, 2.05) is 20.8 Å². The molecule has 0 amide bonds. The average Bonchev–Trinajstić information content (AvgIpc) is 2.11. The quantitative estimate of drug-likeness (QED) is 0.694. The number of ether oxygens (including phenoxy) is 2. The number of hydrogen-bond donors (Lipinski definition) is 0. The molecule has 0 aliphatic heterocycles. The molecule has 94 valence electrons. The molecule has 0 aromatic heterocycles. The summed E-state index contributed by atoms with van der Waals surface area (Å²) < 4.78 is 10.1. The SMILES string of the molecule is CCOC(=O)[C@H](C)[C@@H](OC(C)=O)C(C)(C)C. The Morgan fingerprint density at radius 1 is 1.25 bits per heavy atom. The second-order valence-corrected chi connectivity index (χ2v) is 4.94. The highest BCUT2D eigenvalue weighted by Gasteiger charge is 2.37. The van der Waals surface area contributed by atoms with E-state index in [-0.39, 0.29) is 17.4 Å². The Balaban J connectivity index is 4.75. The van der Waals surface area contributed by atoms with Crippen LogP contribution in [-0.2, 0) is 19.1 Å². The topological polar surface area (TPSA) is 52.6 Å². The standard InChI is InChI=1S/C12H22O4/c1-7-15-11(14)8(2)10(12(4,5)6)16-9(3)13/h8,10H,7H2,1-6H3/t8-,10-/m1/s1. The predicted molar refractivity (Wildman–Crippen MR) is 60.8 cm³/mol. The lowest BCUT2D eigenvalue weighted by atomic mass is 9.82. The van der Waals surface area contributed by atoms with Gasteiger partial charge in [0, 0.05) is 6.92 Å². The van der Waals surface area contributed by atoms with Crippen molar-refractivity contribution in [1.29, 1.82) is 0 Å². The van der Waals surface area contributed by atoms with Crippen molar-refractivity contribution in [2.45, 2.75) is 47.6 Å². The van der Waals surface area contributed by atoms with Gasteiger partial charge in [-0.1, -0.05) is 20.8 Å². The largest absolute Gasteiger partial charge is 0.466 e. The van der Waals surface area contributed by atoms with Crippen molar-refractivity contribution < 1.29 is 19.1 Å². The molecule has 0 N–H and O–H groups in total. The van der Waals surface area contributed by atoms with Crippen LogP contribution in [0.4, 0.5) is 0 Å². The summed E-state index contributed by atoms with van der Waals surface area (Å²) in [6, 6.07) is 0. The van der Waals surface area contributed by atoms with Gasteiger partial charge in [-0.2, -0.15) is 0 Å². The summed E-state index contributed by atoms with van der Waals surface area (Å²) in [5, 5.41) is 0. The molecule has 0 heterocycles. The maximum absolute atomic E-state index is 11.6. The minimum atomic E-state index is -0.468. The van der Waals surface area contributed by atoms with Crippen LogP contribution in [0.15, 0.2) is 0 Å². The number of carbonyl (C=O) groups excluding carboxylic acids is 2. The zero-order chi connectivity index (χ0) is 12.9. The maximum Gasteiger partial charge on any atom is 0.312 e. The molecule has 0 fully saturated rings. The Morgan fingerprint density at radius 3 is 2.06 bits per heavy atom. The van der Waals surface area contributed by atoms with E-state index in [0.29, 0.717) is 6.61 Å². The lowest BCUT2D eigenvalue weighted by Crippen LogP contribution is -2.40. The third-order valence-corrected chi connectivity index (χ3v) is 2.26. The second-order valence-electron chi connectivity index (χ2n) is 4.94. The highest BCUT2D eigenvalue weighted by atomic mass is 16.6. The molecule has 0 aliphatic carbocycles. The fourth-order valence-corrected chi connectivity index (χ4v) is 1.60. The van der Waals surface area contributed by atoms with E-state index in [2.05, 4.69) is 0 Å². The van der Waals surface area contributed by atoms with Crippen LogP contribution in [0.2, 0.25) is 0 Å². The molecule has 2 atom stereocenters. The van der Waals surface area contributed by atoms with Crippen molar-refractivity contribution in [2.24, 2.45) is 11.3 Å². The van der Waals surface area contributed by atoms with Gasteiger partial charge < -0.3 is 9.47 Å². The molecule has 0 aromatic rings. The number of esters is 2. The average molecular weight is 230 g/mol. The highest BCUT2D eigenvalue weighted by molar-refractivity contribution is 5.74. The van der Waals surface area contributed by atoms with Crippen LogP contribution in [0.1, 0.15) is 41.5 Å². The van der Waals surface area contributed by atoms with Crippen molar-refractivity contribution >= 4 is 11.9 Å². The normalized spacial score (nSPS) is 15.1.